The normalized spacial score (nSPS) is 11.4. The number of nitrogens with one attached hydrogen (secondary N) is 1. The smallest absolute Gasteiger partial charge is 0.197 e. The molecular weight excluding hydrogens is 388 g/mol. The van der Waals surface area contributed by atoms with Crippen molar-refractivity contribution in [3.8, 4) is 11.3 Å². The number of benzene rings is 3. The number of halogens is 2. The number of rotatable bonds is 3. The van der Waals surface area contributed by atoms with Crippen molar-refractivity contribution in [2.24, 2.45) is 0 Å². The molecule has 0 saturated heterocycles. The van der Waals surface area contributed by atoms with Crippen LogP contribution in [0.3, 0.4) is 0 Å². The van der Waals surface area contributed by atoms with Crippen molar-refractivity contribution in [3.05, 3.63) is 83.4 Å². The minimum absolute atomic E-state index is 0.124. The first-order valence-electron chi connectivity index (χ1n) is 9.22. The lowest BCUT2D eigenvalue weighted by atomic mass is 10.1. The molecule has 1 N–H and O–H groups in total. The molecule has 0 radical (unpaired) electrons. The Bertz CT molecular complexity index is 1340. The van der Waals surface area contributed by atoms with Gasteiger partial charge in [0.25, 0.3) is 0 Å². The number of anilines is 2. The Hall–Kier alpha value is -3.25. The van der Waals surface area contributed by atoms with E-state index >= 15 is 0 Å². The van der Waals surface area contributed by atoms with Crippen LogP contribution in [0.1, 0.15) is 11.1 Å². The molecule has 0 spiro atoms. The summed E-state index contributed by atoms with van der Waals surface area (Å²) < 4.78 is 32.3. The summed E-state index contributed by atoms with van der Waals surface area (Å²) in [6.07, 6.45) is 0. The molecule has 0 unspecified atom stereocenters. The Morgan fingerprint density at radius 2 is 1.52 bits per heavy atom. The SMILES string of the molecule is Cc1cccc(C)c1Nc1c(-c2c(F)cccc2F)nc2sc3ccccc3n12. The maximum atomic E-state index is 14.6. The third kappa shape index (κ3) is 2.79. The van der Waals surface area contributed by atoms with Crippen molar-refractivity contribution in [2.75, 3.05) is 5.32 Å². The first-order valence-corrected chi connectivity index (χ1v) is 10.0. The van der Waals surface area contributed by atoms with Crippen LogP contribution in [0.15, 0.2) is 60.7 Å². The van der Waals surface area contributed by atoms with Crippen LogP contribution in [0.2, 0.25) is 0 Å². The zero-order valence-electron chi connectivity index (χ0n) is 15.8. The van der Waals surface area contributed by atoms with Crippen LogP contribution >= 0.6 is 11.3 Å². The number of imidazole rings is 1. The molecule has 3 aromatic carbocycles. The summed E-state index contributed by atoms with van der Waals surface area (Å²) in [5.41, 5.74) is 4.07. The number of fused-ring (bicyclic) bond motifs is 3. The van der Waals surface area contributed by atoms with Gasteiger partial charge in [-0.25, -0.2) is 13.8 Å². The third-order valence-electron chi connectivity index (χ3n) is 5.08. The minimum atomic E-state index is -0.635. The lowest BCUT2D eigenvalue weighted by molar-refractivity contribution is 0.589. The molecule has 0 saturated carbocycles. The number of nitrogens with zero attached hydrogens (tertiary/aromatic N) is 2. The van der Waals surface area contributed by atoms with Crippen molar-refractivity contribution in [3.63, 3.8) is 0 Å². The lowest BCUT2D eigenvalue weighted by Gasteiger charge is -2.14. The van der Waals surface area contributed by atoms with Crippen LogP contribution in [0.25, 0.3) is 26.4 Å². The predicted octanol–water partition coefficient (Wildman–Crippen LogP) is 6.85. The van der Waals surface area contributed by atoms with Crippen molar-refractivity contribution in [1.82, 2.24) is 9.38 Å². The number of aromatic nitrogens is 2. The van der Waals surface area contributed by atoms with Crippen LogP contribution in [0, 0.1) is 25.5 Å². The van der Waals surface area contributed by atoms with Crippen molar-refractivity contribution in [1.29, 1.82) is 0 Å². The Morgan fingerprint density at radius 1 is 0.862 bits per heavy atom. The maximum absolute atomic E-state index is 14.6. The summed E-state index contributed by atoms with van der Waals surface area (Å²) in [6, 6.07) is 17.8. The second kappa shape index (κ2) is 6.67. The molecule has 29 heavy (non-hydrogen) atoms. The van der Waals surface area contributed by atoms with Gasteiger partial charge in [0, 0.05) is 5.69 Å². The van der Waals surface area contributed by atoms with Gasteiger partial charge in [0.15, 0.2) is 4.96 Å². The van der Waals surface area contributed by atoms with Gasteiger partial charge in [-0.3, -0.25) is 4.40 Å². The standard InChI is InChI=1S/C23H17F2N3S/c1-13-7-5-8-14(2)20(13)26-22-21(19-15(24)9-6-10-16(19)25)27-23-28(22)17-11-3-4-12-18(17)29-23/h3-12,26H,1-2H3. The Morgan fingerprint density at radius 3 is 2.24 bits per heavy atom. The van der Waals surface area contributed by atoms with Crippen molar-refractivity contribution in [2.45, 2.75) is 13.8 Å². The van der Waals surface area contributed by atoms with Gasteiger partial charge in [0.1, 0.15) is 23.1 Å². The molecule has 3 nitrogen and oxygen atoms in total. The van der Waals surface area contributed by atoms with Crippen LogP contribution in [-0.2, 0) is 0 Å². The summed E-state index contributed by atoms with van der Waals surface area (Å²) in [4.78, 5) is 5.31. The molecule has 0 fully saturated rings. The van der Waals surface area contributed by atoms with Gasteiger partial charge in [-0.2, -0.15) is 0 Å². The van der Waals surface area contributed by atoms with E-state index in [0.717, 1.165) is 27.0 Å². The van der Waals surface area contributed by atoms with E-state index in [4.69, 9.17) is 0 Å². The molecule has 0 aliphatic carbocycles. The first kappa shape index (κ1) is 17.8. The van der Waals surface area contributed by atoms with Gasteiger partial charge in [-0.15, -0.1) is 0 Å². The highest BCUT2D eigenvalue weighted by atomic mass is 32.1. The molecular formula is C23H17F2N3S. The van der Waals surface area contributed by atoms with E-state index in [1.807, 2.05) is 60.7 Å². The number of hydrogen-bond acceptors (Lipinski definition) is 3. The van der Waals surface area contributed by atoms with Gasteiger partial charge >= 0.3 is 0 Å². The molecule has 5 aromatic rings. The zero-order valence-corrected chi connectivity index (χ0v) is 16.6. The summed E-state index contributed by atoms with van der Waals surface area (Å²) in [5, 5.41) is 3.44. The Labute approximate surface area is 170 Å². The fourth-order valence-corrected chi connectivity index (χ4v) is 4.69. The molecule has 5 rings (SSSR count). The molecule has 144 valence electrons. The Kier molecular flexibility index (Phi) is 4.10. The quantitative estimate of drug-likeness (QED) is 0.355. The number of thiazole rings is 1. The van der Waals surface area contributed by atoms with Crippen LogP contribution in [0.5, 0.6) is 0 Å². The molecule has 0 aliphatic heterocycles. The zero-order chi connectivity index (χ0) is 20.1. The van der Waals surface area contributed by atoms with Crippen molar-refractivity contribution < 1.29 is 8.78 Å². The number of aryl methyl sites for hydroxylation is 2. The topological polar surface area (TPSA) is 29.3 Å². The molecule has 6 heteroatoms. The summed E-state index contributed by atoms with van der Waals surface area (Å²) >= 11 is 1.49. The average molecular weight is 405 g/mol. The molecule has 0 atom stereocenters. The number of hydrogen-bond donors (Lipinski definition) is 1. The molecule has 0 bridgehead atoms. The van der Waals surface area contributed by atoms with E-state index in [1.54, 1.807) is 0 Å². The van der Waals surface area contributed by atoms with Crippen LogP contribution in [0.4, 0.5) is 20.3 Å². The monoisotopic (exact) mass is 405 g/mol. The van der Waals surface area contributed by atoms with E-state index in [2.05, 4.69) is 10.3 Å². The summed E-state index contributed by atoms with van der Waals surface area (Å²) in [5.74, 6) is -0.715. The highest BCUT2D eigenvalue weighted by Crippen LogP contribution is 2.40. The van der Waals surface area contributed by atoms with E-state index in [0.29, 0.717) is 10.8 Å². The van der Waals surface area contributed by atoms with E-state index in [-0.39, 0.29) is 11.3 Å². The highest BCUT2D eigenvalue weighted by Gasteiger charge is 2.24. The van der Waals surface area contributed by atoms with Crippen LogP contribution in [-0.4, -0.2) is 9.38 Å². The summed E-state index contributed by atoms with van der Waals surface area (Å²) in [6.45, 7) is 4.01. The third-order valence-corrected chi connectivity index (χ3v) is 6.10. The van der Waals surface area contributed by atoms with E-state index < -0.39 is 11.6 Å². The number of para-hydroxylation sites is 2. The molecule has 2 heterocycles. The van der Waals surface area contributed by atoms with Gasteiger partial charge in [-0.1, -0.05) is 47.7 Å². The van der Waals surface area contributed by atoms with E-state index in [9.17, 15) is 8.78 Å². The van der Waals surface area contributed by atoms with E-state index in [1.165, 1.54) is 29.5 Å². The lowest BCUT2D eigenvalue weighted by Crippen LogP contribution is -2.01. The fourth-order valence-electron chi connectivity index (χ4n) is 3.66. The van der Waals surface area contributed by atoms with Crippen molar-refractivity contribution >= 4 is 38.0 Å². The molecule has 0 aliphatic rings. The fraction of sp³-hybridized carbons (Fsp3) is 0.0870. The van der Waals surface area contributed by atoms with Gasteiger partial charge < -0.3 is 5.32 Å². The first-order chi connectivity index (χ1) is 14.0. The largest absolute Gasteiger partial charge is 0.339 e. The molecule has 2 aromatic heterocycles. The highest BCUT2D eigenvalue weighted by molar-refractivity contribution is 7.23. The average Bonchev–Trinajstić information content (AvgIpc) is 3.21. The second-order valence-electron chi connectivity index (χ2n) is 6.99. The van der Waals surface area contributed by atoms with Gasteiger partial charge in [0.2, 0.25) is 0 Å². The van der Waals surface area contributed by atoms with Crippen LogP contribution < -0.4 is 5.32 Å². The minimum Gasteiger partial charge on any atom is -0.339 e. The van der Waals surface area contributed by atoms with Gasteiger partial charge in [-0.05, 0) is 49.2 Å². The predicted molar refractivity (Wildman–Crippen MR) is 115 cm³/mol. The summed E-state index contributed by atoms with van der Waals surface area (Å²) in [7, 11) is 0. The molecule has 0 amide bonds. The Balaban J connectivity index is 1.85. The second-order valence-corrected chi connectivity index (χ2v) is 7.99. The van der Waals surface area contributed by atoms with Gasteiger partial charge in [0.05, 0.1) is 15.8 Å². The maximum Gasteiger partial charge on any atom is 0.197 e.